The maximum absolute atomic E-state index is 6.28. The SMILES string of the molecule is CC(C)(C)[Si](C)(C)Oc1ccc2[cH-]ccc2c1.CC(C)(C)[Si](C)(C)Oc1ccc2[cH-]ccc2c1.[Cl-].[Cl-].[Zr+4]. The van der Waals surface area contributed by atoms with E-state index in [1.54, 1.807) is 0 Å². The first-order valence-electron chi connectivity index (χ1n) is 12.3. The first-order valence-corrected chi connectivity index (χ1v) is 18.1. The molecule has 37 heavy (non-hydrogen) atoms. The Morgan fingerprint density at radius 1 is 0.568 bits per heavy atom. The van der Waals surface area contributed by atoms with Gasteiger partial charge in [0.15, 0.2) is 0 Å². The van der Waals surface area contributed by atoms with E-state index in [1.165, 1.54) is 21.5 Å². The third kappa shape index (κ3) is 9.10. The number of fused-ring (bicyclic) bond motifs is 2. The van der Waals surface area contributed by atoms with Crippen LogP contribution in [-0.4, -0.2) is 16.6 Å². The zero-order valence-electron chi connectivity index (χ0n) is 24.0. The van der Waals surface area contributed by atoms with Gasteiger partial charge in [-0.3, -0.25) is 0 Å². The van der Waals surface area contributed by atoms with Crippen LogP contribution in [0.2, 0.25) is 36.3 Å². The topological polar surface area (TPSA) is 18.5 Å². The van der Waals surface area contributed by atoms with Crippen molar-refractivity contribution >= 4 is 38.2 Å². The molecule has 0 atom stereocenters. The van der Waals surface area contributed by atoms with Crippen molar-refractivity contribution in [3.8, 4) is 11.5 Å². The minimum Gasteiger partial charge on any atom is -1.00 e. The summed E-state index contributed by atoms with van der Waals surface area (Å²) in [5, 5.41) is 5.59. The van der Waals surface area contributed by atoms with Gasteiger partial charge in [0.25, 0.3) is 0 Å². The Kier molecular flexibility index (Phi) is 13.2. The van der Waals surface area contributed by atoms with Crippen molar-refractivity contribution in [1.29, 1.82) is 0 Å². The molecule has 0 aliphatic heterocycles. The zero-order chi connectivity index (χ0) is 25.4. The fourth-order valence-corrected chi connectivity index (χ4v) is 5.28. The molecule has 0 aromatic heterocycles. The molecular weight excluding hydrogens is 611 g/mol. The monoisotopic (exact) mass is 650 g/mol. The average Bonchev–Trinajstić information content (AvgIpc) is 3.34. The maximum Gasteiger partial charge on any atom is 4.00 e. The van der Waals surface area contributed by atoms with Crippen LogP contribution in [0.5, 0.6) is 11.5 Å². The predicted molar refractivity (Wildman–Crippen MR) is 155 cm³/mol. The van der Waals surface area contributed by atoms with Crippen molar-refractivity contribution in [2.24, 2.45) is 0 Å². The molecule has 0 N–H and O–H groups in total. The summed E-state index contributed by atoms with van der Waals surface area (Å²) in [5.74, 6) is 2.02. The molecule has 4 aromatic carbocycles. The van der Waals surface area contributed by atoms with Gasteiger partial charge in [-0.25, -0.2) is 0 Å². The average molecular weight is 653 g/mol. The summed E-state index contributed by atoms with van der Waals surface area (Å²) in [4.78, 5) is 0. The normalized spacial score (nSPS) is 11.9. The van der Waals surface area contributed by atoms with E-state index in [1.807, 2.05) is 0 Å². The van der Waals surface area contributed by atoms with Gasteiger partial charge in [-0.15, -0.1) is 45.8 Å². The van der Waals surface area contributed by atoms with Gasteiger partial charge in [-0.05, 0) is 36.3 Å². The van der Waals surface area contributed by atoms with Gasteiger partial charge in [-0.2, -0.15) is 24.3 Å². The summed E-state index contributed by atoms with van der Waals surface area (Å²) >= 11 is 0. The Labute approximate surface area is 258 Å². The summed E-state index contributed by atoms with van der Waals surface area (Å²) in [7, 11) is -3.43. The van der Waals surface area contributed by atoms with Crippen LogP contribution >= 0.6 is 0 Å². The zero-order valence-corrected chi connectivity index (χ0v) is 30.0. The molecule has 2 nitrogen and oxygen atoms in total. The minimum atomic E-state index is -1.71. The van der Waals surface area contributed by atoms with Crippen LogP contribution in [0.25, 0.3) is 21.5 Å². The van der Waals surface area contributed by atoms with Crippen LogP contribution in [0.4, 0.5) is 0 Å². The number of benzene rings is 2. The maximum atomic E-state index is 6.28. The van der Waals surface area contributed by atoms with Gasteiger partial charge >= 0.3 is 26.2 Å². The molecule has 0 aliphatic carbocycles. The van der Waals surface area contributed by atoms with E-state index in [0.29, 0.717) is 0 Å². The summed E-state index contributed by atoms with van der Waals surface area (Å²) in [6, 6.07) is 25.4. The molecule has 200 valence electrons. The Morgan fingerprint density at radius 3 is 1.19 bits per heavy atom. The molecule has 4 aromatic rings. The second-order valence-corrected chi connectivity index (χ2v) is 21.8. The van der Waals surface area contributed by atoms with Crippen molar-refractivity contribution in [2.45, 2.75) is 77.8 Å². The number of hydrogen-bond donors (Lipinski definition) is 0. The molecule has 7 heteroatoms. The first kappa shape index (κ1) is 36.2. The Balaban J connectivity index is 0.000000648. The number of hydrogen-bond acceptors (Lipinski definition) is 2. The summed E-state index contributed by atoms with van der Waals surface area (Å²) in [6.45, 7) is 22.7. The number of halogens is 2. The third-order valence-corrected chi connectivity index (χ3v) is 16.3. The molecular formula is C30H42Cl2O2Si2Zr. The fraction of sp³-hybridized carbons (Fsp3) is 0.400. The molecule has 0 unspecified atom stereocenters. The van der Waals surface area contributed by atoms with Crippen molar-refractivity contribution in [2.75, 3.05) is 0 Å². The molecule has 0 amide bonds. The van der Waals surface area contributed by atoms with E-state index in [4.69, 9.17) is 8.85 Å². The third-order valence-electron chi connectivity index (χ3n) is 7.58. The van der Waals surface area contributed by atoms with E-state index >= 15 is 0 Å². The van der Waals surface area contributed by atoms with Crippen LogP contribution < -0.4 is 33.7 Å². The van der Waals surface area contributed by atoms with E-state index in [-0.39, 0.29) is 61.1 Å². The quantitative estimate of drug-likeness (QED) is 0.246. The summed E-state index contributed by atoms with van der Waals surface area (Å²) < 4.78 is 12.6. The van der Waals surface area contributed by atoms with Crippen molar-refractivity contribution < 1.29 is 59.9 Å². The van der Waals surface area contributed by atoms with Crippen molar-refractivity contribution in [3.05, 3.63) is 72.8 Å². The predicted octanol–water partition coefficient (Wildman–Crippen LogP) is 3.89. The smallest absolute Gasteiger partial charge is 1.00 e. The van der Waals surface area contributed by atoms with Crippen LogP contribution in [0.3, 0.4) is 0 Å². The Morgan fingerprint density at radius 2 is 0.892 bits per heavy atom. The largest absolute Gasteiger partial charge is 4.00 e. The second-order valence-electron chi connectivity index (χ2n) is 12.4. The van der Waals surface area contributed by atoms with Crippen LogP contribution in [0.15, 0.2) is 72.8 Å². The minimum absolute atomic E-state index is 0. The second kappa shape index (κ2) is 13.5. The summed E-state index contributed by atoms with van der Waals surface area (Å²) in [5.41, 5.74) is 0. The van der Waals surface area contributed by atoms with Gasteiger partial charge in [0.1, 0.15) is 0 Å². The van der Waals surface area contributed by atoms with Crippen LogP contribution in [0.1, 0.15) is 41.5 Å². The van der Waals surface area contributed by atoms with Crippen molar-refractivity contribution in [1.82, 2.24) is 0 Å². The van der Waals surface area contributed by atoms with Crippen LogP contribution in [-0.2, 0) is 26.2 Å². The van der Waals surface area contributed by atoms with E-state index in [9.17, 15) is 0 Å². The van der Waals surface area contributed by atoms with E-state index in [0.717, 1.165) is 11.5 Å². The van der Waals surface area contributed by atoms with E-state index in [2.05, 4.69) is 141 Å². The van der Waals surface area contributed by atoms with Gasteiger partial charge in [0.05, 0.1) is 11.5 Å². The fourth-order valence-electron chi connectivity index (χ4n) is 3.23. The molecule has 0 fully saturated rings. The Hall–Kier alpha value is -0.843. The molecule has 0 radical (unpaired) electrons. The molecule has 0 bridgehead atoms. The number of rotatable bonds is 4. The molecule has 0 saturated carbocycles. The van der Waals surface area contributed by atoms with Crippen LogP contribution in [0, 0.1) is 0 Å². The Bertz CT molecular complexity index is 1150. The standard InChI is InChI=1S/2C15H21OSi.2ClH.Zr/c2*1-15(2,3)17(4,5)16-14-10-9-12-7-6-8-13(12)11-14;;;/h2*6-11H,1-5H3;2*1H;/q2*-1;;;+4/p-2. The molecule has 4 rings (SSSR count). The first-order chi connectivity index (χ1) is 15.6. The summed E-state index contributed by atoms with van der Waals surface area (Å²) in [6.07, 6.45) is 0. The molecule has 0 aliphatic rings. The molecule has 0 heterocycles. The van der Waals surface area contributed by atoms with Gasteiger partial charge in [0.2, 0.25) is 16.6 Å². The van der Waals surface area contributed by atoms with Gasteiger partial charge in [0, 0.05) is 0 Å². The molecule has 0 spiro atoms. The molecule has 0 saturated heterocycles. The van der Waals surface area contributed by atoms with Gasteiger partial charge < -0.3 is 33.7 Å². The van der Waals surface area contributed by atoms with Crippen molar-refractivity contribution in [3.63, 3.8) is 0 Å². The van der Waals surface area contributed by atoms with Gasteiger partial charge in [-0.1, -0.05) is 65.8 Å². The van der Waals surface area contributed by atoms with E-state index < -0.39 is 16.6 Å².